The molecule has 4 rings (SSSR count). The van der Waals surface area contributed by atoms with Crippen LogP contribution in [0.25, 0.3) is 0 Å². The van der Waals surface area contributed by atoms with E-state index < -0.39 is 5.54 Å². The van der Waals surface area contributed by atoms with Crippen molar-refractivity contribution < 1.29 is 9.59 Å². The van der Waals surface area contributed by atoms with Crippen LogP contribution in [-0.2, 0) is 10.3 Å². The Morgan fingerprint density at radius 3 is 2.06 bits per heavy atom. The number of benzene rings is 3. The Bertz CT molecular complexity index is 1050. The van der Waals surface area contributed by atoms with Crippen molar-refractivity contribution in [2.45, 2.75) is 18.5 Å². The van der Waals surface area contributed by atoms with Crippen molar-refractivity contribution in [2.75, 3.05) is 13.7 Å². The maximum Gasteiger partial charge on any atom is 0.326 e. The molecule has 1 fully saturated rings. The Balaban J connectivity index is 1.63. The summed E-state index contributed by atoms with van der Waals surface area (Å²) in [7, 11) is 1.93. The first-order valence-electron chi connectivity index (χ1n) is 10.1. The number of carbonyl (C=O) groups is 2. The number of imide groups is 1. The standard InChI is InChI=1S/C25H24BrN3O2/c1-25(20-14-9-15-21(26)16-20)23(30)29(24(31)27-25)17-28(2)22(18-10-5-3-6-11-18)19-12-7-4-8-13-19/h3-16,22H,17H2,1-2H3,(H,27,31). The van der Waals surface area contributed by atoms with Gasteiger partial charge >= 0.3 is 6.03 Å². The highest BCUT2D eigenvalue weighted by atomic mass is 79.9. The number of halogens is 1. The molecule has 1 heterocycles. The zero-order valence-electron chi connectivity index (χ0n) is 17.5. The predicted molar refractivity (Wildman–Crippen MR) is 124 cm³/mol. The summed E-state index contributed by atoms with van der Waals surface area (Å²) in [6, 6.07) is 27.2. The molecule has 1 N–H and O–H groups in total. The van der Waals surface area contributed by atoms with Gasteiger partial charge in [-0.3, -0.25) is 9.69 Å². The Morgan fingerprint density at radius 1 is 0.935 bits per heavy atom. The van der Waals surface area contributed by atoms with E-state index in [1.807, 2.05) is 72.6 Å². The molecule has 6 heteroatoms. The summed E-state index contributed by atoms with van der Waals surface area (Å²) in [5.41, 5.74) is 1.83. The van der Waals surface area contributed by atoms with Crippen LogP contribution < -0.4 is 5.32 Å². The van der Waals surface area contributed by atoms with E-state index in [0.29, 0.717) is 0 Å². The summed E-state index contributed by atoms with van der Waals surface area (Å²) in [4.78, 5) is 29.5. The topological polar surface area (TPSA) is 52.6 Å². The minimum atomic E-state index is -1.10. The monoisotopic (exact) mass is 477 g/mol. The average Bonchev–Trinajstić information content (AvgIpc) is 2.99. The molecule has 0 aliphatic carbocycles. The third-order valence-corrected chi connectivity index (χ3v) is 6.21. The summed E-state index contributed by atoms with van der Waals surface area (Å²) >= 11 is 3.45. The van der Waals surface area contributed by atoms with E-state index in [0.717, 1.165) is 21.2 Å². The fourth-order valence-corrected chi connectivity index (χ4v) is 4.50. The number of carbonyl (C=O) groups excluding carboxylic acids is 2. The summed E-state index contributed by atoms with van der Waals surface area (Å²) in [5, 5.41) is 2.89. The van der Waals surface area contributed by atoms with E-state index in [4.69, 9.17) is 0 Å². The van der Waals surface area contributed by atoms with Gasteiger partial charge in [-0.1, -0.05) is 88.7 Å². The second-order valence-corrected chi connectivity index (χ2v) is 8.84. The average molecular weight is 478 g/mol. The van der Waals surface area contributed by atoms with Crippen LogP contribution in [-0.4, -0.2) is 35.5 Å². The molecule has 1 unspecified atom stereocenters. The van der Waals surface area contributed by atoms with Crippen LogP contribution in [0.4, 0.5) is 4.79 Å². The number of hydrogen-bond acceptors (Lipinski definition) is 3. The van der Waals surface area contributed by atoms with Gasteiger partial charge in [0.2, 0.25) is 0 Å². The first-order chi connectivity index (χ1) is 14.9. The Morgan fingerprint density at radius 2 is 1.52 bits per heavy atom. The molecule has 0 bridgehead atoms. The lowest BCUT2D eigenvalue weighted by Gasteiger charge is -2.31. The molecule has 1 atom stereocenters. The lowest BCUT2D eigenvalue weighted by molar-refractivity contribution is -0.132. The van der Waals surface area contributed by atoms with Crippen molar-refractivity contribution in [1.82, 2.24) is 15.1 Å². The van der Waals surface area contributed by atoms with Crippen molar-refractivity contribution in [2.24, 2.45) is 0 Å². The fourth-order valence-electron chi connectivity index (χ4n) is 4.10. The normalized spacial score (nSPS) is 18.7. The molecule has 1 aliphatic heterocycles. The third-order valence-electron chi connectivity index (χ3n) is 5.71. The molecule has 0 aromatic heterocycles. The van der Waals surface area contributed by atoms with Gasteiger partial charge in [0.05, 0.1) is 12.7 Å². The number of nitrogens with one attached hydrogen (secondary N) is 1. The van der Waals surface area contributed by atoms with Crippen LogP contribution in [0.2, 0.25) is 0 Å². The van der Waals surface area contributed by atoms with Crippen LogP contribution in [0.15, 0.2) is 89.4 Å². The summed E-state index contributed by atoms with van der Waals surface area (Å²) < 4.78 is 0.858. The SMILES string of the molecule is CN(CN1C(=O)NC(C)(c2cccc(Br)c2)C1=O)C(c1ccccc1)c1ccccc1. The van der Waals surface area contributed by atoms with Crippen LogP contribution in [0.1, 0.15) is 29.7 Å². The van der Waals surface area contributed by atoms with Gasteiger partial charge in [0.15, 0.2) is 0 Å². The van der Waals surface area contributed by atoms with E-state index in [-0.39, 0.29) is 24.6 Å². The van der Waals surface area contributed by atoms with Gasteiger partial charge in [0.1, 0.15) is 5.54 Å². The summed E-state index contributed by atoms with van der Waals surface area (Å²) in [6.07, 6.45) is 0. The molecule has 0 saturated carbocycles. The second-order valence-electron chi connectivity index (χ2n) is 7.92. The quantitative estimate of drug-likeness (QED) is 0.513. The number of nitrogens with zero attached hydrogens (tertiary/aromatic N) is 2. The van der Waals surface area contributed by atoms with E-state index >= 15 is 0 Å². The molecule has 3 amide bonds. The number of hydrogen-bond donors (Lipinski definition) is 1. The molecule has 3 aromatic carbocycles. The van der Waals surface area contributed by atoms with E-state index in [9.17, 15) is 9.59 Å². The van der Waals surface area contributed by atoms with Gasteiger partial charge in [-0.25, -0.2) is 9.69 Å². The first kappa shape index (κ1) is 21.3. The maximum absolute atomic E-state index is 13.4. The Labute approximate surface area is 190 Å². The van der Waals surface area contributed by atoms with Crippen molar-refractivity contribution in [3.8, 4) is 0 Å². The van der Waals surface area contributed by atoms with E-state index in [1.54, 1.807) is 6.92 Å². The highest BCUT2D eigenvalue weighted by Gasteiger charge is 2.49. The maximum atomic E-state index is 13.4. The molecular weight excluding hydrogens is 454 g/mol. The zero-order chi connectivity index (χ0) is 22.0. The van der Waals surface area contributed by atoms with E-state index in [2.05, 4.69) is 45.5 Å². The minimum Gasteiger partial charge on any atom is -0.319 e. The molecule has 1 aliphatic rings. The highest BCUT2D eigenvalue weighted by molar-refractivity contribution is 9.10. The smallest absolute Gasteiger partial charge is 0.319 e. The second kappa shape index (κ2) is 8.65. The Hall–Kier alpha value is -2.96. The minimum absolute atomic E-state index is 0.0966. The summed E-state index contributed by atoms with van der Waals surface area (Å²) in [6.45, 7) is 1.92. The van der Waals surface area contributed by atoms with Gasteiger partial charge in [0, 0.05) is 4.47 Å². The van der Waals surface area contributed by atoms with Gasteiger partial charge in [-0.05, 0) is 42.8 Å². The predicted octanol–water partition coefficient (Wildman–Crippen LogP) is 4.90. The van der Waals surface area contributed by atoms with Crippen LogP contribution in [0, 0.1) is 0 Å². The van der Waals surface area contributed by atoms with Crippen molar-refractivity contribution in [3.63, 3.8) is 0 Å². The molecule has 158 valence electrons. The number of rotatable bonds is 6. The third kappa shape index (κ3) is 4.13. The van der Waals surface area contributed by atoms with Gasteiger partial charge in [-0.15, -0.1) is 0 Å². The lowest BCUT2D eigenvalue weighted by Crippen LogP contribution is -2.43. The lowest BCUT2D eigenvalue weighted by atomic mass is 9.92. The molecule has 5 nitrogen and oxygen atoms in total. The van der Waals surface area contributed by atoms with Crippen LogP contribution in [0.5, 0.6) is 0 Å². The van der Waals surface area contributed by atoms with Crippen molar-refractivity contribution in [1.29, 1.82) is 0 Å². The fraction of sp³-hybridized carbons (Fsp3) is 0.200. The van der Waals surface area contributed by atoms with Crippen molar-refractivity contribution in [3.05, 3.63) is 106 Å². The van der Waals surface area contributed by atoms with Gasteiger partial charge in [-0.2, -0.15) is 0 Å². The molecule has 3 aromatic rings. The summed E-state index contributed by atoms with van der Waals surface area (Å²) in [5.74, 6) is -0.262. The van der Waals surface area contributed by atoms with Gasteiger partial charge in [0.25, 0.3) is 5.91 Å². The van der Waals surface area contributed by atoms with Crippen LogP contribution in [0.3, 0.4) is 0 Å². The largest absolute Gasteiger partial charge is 0.326 e. The Kier molecular flexibility index (Phi) is 5.94. The molecular formula is C25H24BrN3O2. The molecule has 31 heavy (non-hydrogen) atoms. The van der Waals surface area contributed by atoms with E-state index in [1.165, 1.54) is 4.90 Å². The number of urea groups is 1. The number of amides is 3. The van der Waals surface area contributed by atoms with Gasteiger partial charge < -0.3 is 5.32 Å². The highest BCUT2D eigenvalue weighted by Crippen LogP contribution is 2.32. The first-order valence-corrected chi connectivity index (χ1v) is 10.9. The van der Waals surface area contributed by atoms with Crippen molar-refractivity contribution >= 4 is 27.9 Å². The van der Waals surface area contributed by atoms with Crippen LogP contribution >= 0.6 is 15.9 Å². The molecule has 1 saturated heterocycles. The molecule has 0 radical (unpaired) electrons. The molecule has 0 spiro atoms. The zero-order valence-corrected chi connectivity index (χ0v) is 19.0.